The van der Waals surface area contributed by atoms with Crippen molar-refractivity contribution in [3.8, 4) is 5.75 Å². The molecule has 1 saturated heterocycles. The van der Waals surface area contributed by atoms with E-state index in [1.807, 2.05) is 19.1 Å². The molecule has 0 atom stereocenters. The minimum atomic E-state index is -3.40. The van der Waals surface area contributed by atoms with Crippen molar-refractivity contribution in [2.24, 2.45) is 5.92 Å². The van der Waals surface area contributed by atoms with Crippen LogP contribution < -0.4 is 10.1 Å². The average molecular weight is 355 g/mol. The van der Waals surface area contributed by atoms with Crippen LogP contribution in [0, 0.1) is 5.92 Å². The summed E-state index contributed by atoms with van der Waals surface area (Å²) in [5, 5.41) is 2.88. The number of carbonyl (C=O) groups is 1. The van der Waals surface area contributed by atoms with Gasteiger partial charge in [0.2, 0.25) is 5.91 Å². The molecule has 134 valence electrons. The van der Waals surface area contributed by atoms with Crippen LogP contribution >= 0.6 is 0 Å². The average Bonchev–Trinajstić information content (AvgIpc) is 2.57. The molecule has 0 bridgehead atoms. The van der Waals surface area contributed by atoms with Gasteiger partial charge in [-0.1, -0.05) is 0 Å². The van der Waals surface area contributed by atoms with Crippen LogP contribution in [0.25, 0.3) is 0 Å². The Morgan fingerprint density at radius 1 is 1.25 bits per heavy atom. The third-order valence-corrected chi connectivity index (χ3v) is 5.99. The maximum Gasteiger partial charge on any atom is 0.281 e. The third kappa shape index (κ3) is 4.46. The summed E-state index contributed by atoms with van der Waals surface area (Å²) in [4.78, 5) is 12.3. The SMILES string of the molecule is CCOc1ccc(NC(=O)C2CCN(S(=O)(=O)N(C)C)CC2)cc1. The summed E-state index contributed by atoms with van der Waals surface area (Å²) >= 11 is 0. The van der Waals surface area contributed by atoms with Crippen LogP contribution in [0.5, 0.6) is 5.75 Å². The molecule has 1 N–H and O–H groups in total. The number of nitrogens with zero attached hydrogens (tertiary/aromatic N) is 2. The van der Waals surface area contributed by atoms with Gasteiger partial charge in [0.1, 0.15) is 5.75 Å². The van der Waals surface area contributed by atoms with Gasteiger partial charge >= 0.3 is 0 Å². The van der Waals surface area contributed by atoms with Crippen LogP contribution in [-0.4, -0.2) is 56.7 Å². The largest absolute Gasteiger partial charge is 0.494 e. The monoisotopic (exact) mass is 355 g/mol. The lowest BCUT2D eigenvalue weighted by Crippen LogP contribution is -2.46. The predicted octanol–water partition coefficient (Wildman–Crippen LogP) is 1.54. The number of ether oxygens (including phenoxy) is 1. The number of hydrogen-bond acceptors (Lipinski definition) is 4. The number of benzene rings is 1. The first-order chi connectivity index (χ1) is 11.3. The molecular weight excluding hydrogens is 330 g/mol. The Morgan fingerprint density at radius 2 is 1.83 bits per heavy atom. The molecule has 24 heavy (non-hydrogen) atoms. The standard InChI is InChI=1S/C16H25N3O4S/c1-4-23-15-7-5-14(6-8-15)17-16(20)13-9-11-19(12-10-13)24(21,22)18(2)3/h5-8,13H,4,9-12H2,1-3H3,(H,17,20). The Morgan fingerprint density at radius 3 is 2.33 bits per heavy atom. The Hall–Kier alpha value is -1.64. The van der Waals surface area contributed by atoms with E-state index in [1.165, 1.54) is 22.7 Å². The maximum atomic E-state index is 12.3. The highest BCUT2D eigenvalue weighted by Crippen LogP contribution is 2.23. The molecule has 0 unspecified atom stereocenters. The molecule has 1 fully saturated rings. The molecule has 1 aliphatic heterocycles. The van der Waals surface area contributed by atoms with E-state index in [0.717, 1.165) is 5.75 Å². The summed E-state index contributed by atoms with van der Waals surface area (Å²) in [5.41, 5.74) is 0.715. The van der Waals surface area contributed by atoms with Crippen LogP contribution in [0.1, 0.15) is 19.8 Å². The quantitative estimate of drug-likeness (QED) is 0.840. The molecule has 2 rings (SSSR count). The second-order valence-corrected chi connectivity index (χ2v) is 8.05. The summed E-state index contributed by atoms with van der Waals surface area (Å²) in [7, 11) is -0.369. The first kappa shape index (κ1) is 18.7. The lowest BCUT2D eigenvalue weighted by atomic mass is 9.97. The van der Waals surface area contributed by atoms with E-state index in [4.69, 9.17) is 4.74 Å². The molecule has 8 heteroatoms. The third-order valence-electron chi connectivity index (χ3n) is 4.05. The summed E-state index contributed by atoms with van der Waals surface area (Å²) in [5.74, 6) is 0.518. The lowest BCUT2D eigenvalue weighted by Gasteiger charge is -2.32. The van der Waals surface area contributed by atoms with Gasteiger partial charge < -0.3 is 10.1 Å². The molecule has 0 spiro atoms. The smallest absolute Gasteiger partial charge is 0.281 e. The second kappa shape index (κ2) is 7.96. The fourth-order valence-corrected chi connectivity index (χ4v) is 3.76. The topological polar surface area (TPSA) is 79.0 Å². The van der Waals surface area contributed by atoms with E-state index < -0.39 is 10.2 Å². The van der Waals surface area contributed by atoms with Crippen molar-refractivity contribution in [2.45, 2.75) is 19.8 Å². The number of rotatable bonds is 6. The van der Waals surface area contributed by atoms with E-state index in [2.05, 4.69) is 5.32 Å². The van der Waals surface area contributed by atoms with Crippen LogP contribution in [-0.2, 0) is 15.0 Å². The van der Waals surface area contributed by atoms with Gasteiger partial charge in [-0.15, -0.1) is 0 Å². The minimum absolute atomic E-state index is 0.0685. The van der Waals surface area contributed by atoms with E-state index in [9.17, 15) is 13.2 Å². The second-order valence-electron chi connectivity index (χ2n) is 5.91. The molecule has 1 aliphatic rings. The van der Waals surface area contributed by atoms with Gasteiger partial charge in [-0.25, -0.2) is 0 Å². The zero-order valence-corrected chi connectivity index (χ0v) is 15.2. The molecule has 0 aliphatic carbocycles. The van der Waals surface area contributed by atoms with Gasteiger partial charge in [-0.2, -0.15) is 17.0 Å². The Kier molecular flexibility index (Phi) is 6.20. The molecule has 0 radical (unpaired) electrons. The van der Waals surface area contributed by atoms with E-state index in [-0.39, 0.29) is 11.8 Å². The van der Waals surface area contributed by atoms with Gasteiger partial charge in [0, 0.05) is 38.8 Å². The zero-order valence-electron chi connectivity index (χ0n) is 14.4. The van der Waals surface area contributed by atoms with E-state index in [1.54, 1.807) is 12.1 Å². The highest BCUT2D eigenvalue weighted by molar-refractivity contribution is 7.86. The molecule has 1 aromatic rings. The van der Waals surface area contributed by atoms with Gasteiger partial charge in [-0.3, -0.25) is 4.79 Å². The fraction of sp³-hybridized carbons (Fsp3) is 0.562. The summed E-state index contributed by atoms with van der Waals surface area (Å²) in [6, 6.07) is 7.22. The van der Waals surface area contributed by atoms with Crippen molar-refractivity contribution < 1.29 is 17.9 Å². The van der Waals surface area contributed by atoms with Crippen molar-refractivity contribution in [1.29, 1.82) is 0 Å². The number of amides is 1. The Labute approximate surface area is 143 Å². The van der Waals surface area contributed by atoms with Gasteiger partial charge in [0.15, 0.2) is 0 Å². The highest BCUT2D eigenvalue weighted by atomic mass is 32.2. The first-order valence-corrected chi connectivity index (χ1v) is 9.45. The maximum absolute atomic E-state index is 12.3. The number of piperidine rings is 1. The number of nitrogens with one attached hydrogen (secondary N) is 1. The van der Waals surface area contributed by atoms with Crippen LogP contribution in [0.3, 0.4) is 0 Å². The Balaban J connectivity index is 1.89. The highest BCUT2D eigenvalue weighted by Gasteiger charge is 2.32. The molecule has 1 heterocycles. The summed E-state index contributed by atoms with van der Waals surface area (Å²) in [6.45, 7) is 3.24. The fourth-order valence-electron chi connectivity index (χ4n) is 2.63. The van der Waals surface area contributed by atoms with Gasteiger partial charge in [0.25, 0.3) is 10.2 Å². The number of hydrogen-bond donors (Lipinski definition) is 1. The van der Waals surface area contributed by atoms with Crippen molar-refractivity contribution in [3.63, 3.8) is 0 Å². The van der Waals surface area contributed by atoms with Crippen LogP contribution in [0.4, 0.5) is 5.69 Å². The molecule has 1 amide bonds. The van der Waals surface area contributed by atoms with Crippen LogP contribution in [0.15, 0.2) is 24.3 Å². The van der Waals surface area contributed by atoms with Crippen molar-refractivity contribution in [3.05, 3.63) is 24.3 Å². The normalized spacial score (nSPS) is 17.0. The lowest BCUT2D eigenvalue weighted by molar-refractivity contribution is -0.120. The van der Waals surface area contributed by atoms with Gasteiger partial charge in [-0.05, 0) is 44.0 Å². The van der Waals surface area contributed by atoms with Crippen molar-refractivity contribution in [2.75, 3.05) is 39.1 Å². The molecule has 0 aromatic heterocycles. The molecule has 7 nitrogen and oxygen atoms in total. The van der Waals surface area contributed by atoms with Gasteiger partial charge in [0.05, 0.1) is 6.61 Å². The van der Waals surface area contributed by atoms with E-state index >= 15 is 0 Å². The number of anilines is 1. The van der Waals surface area contributed by atoms with Crippen LogP contribution in [0.2, 0.25) is 0 Å². The molecular formula is C16H25N3O4S. The summed E-state index contributed by atoms with van der Waals surface area (Å²) in [6.07, 6.45) is 1.05. The molecule has 1 aromatic carbocycles. The first-order valence-electron chi connectivity index (χ1n) is 8.06. The van der Waals surface area contributed by atoms with Crippen molar-refractivity contribution >= 4 is 21.8 Å². The van der Waals surface area contributed by atoms with Crippen molar-refractivity contribution in [1.82, 2.24) is 8.61 Å². The predicted molar refractivity (Wildman–Crippen MR) is 93.1 cm³/mol. The number of carbonyl (C=O) groups excluding carboxylic acids is 1. The zero-order chi connectivity index (χ0) is 17.7. The Bertz CT molecular complexity index is 650. The molecule has 0 saturated carbocycles. The minimum Gasteiger partial charge on any atom is -0.494 e. The summed E-state index contributed by atoms with van der Waals surface area (Å²) < 4.78 is 32.1. The van der Waals surface area contributed by atoms with E-state index in [0.29, 0.717) is 38.2 Å².